The minimum Gasteiger partial charge on any atom is -0.397 e. The second-order valence-corrected chi connectivity index (χ2v) is 7.97. The zero-order chi connectivity index (χ0) is 13.3. The van der Waals surface area contributed by atoms with E-state index in [0.29, 0.717) is 11.4 Å². The summed E-state index contributed by atoms with van der Waals surface area (Å²) in [6, 6.07) is 5.74. The zero-order valence-electron chi connectivity index (χ0n) is 10.6. The molecule has 18 heavy (non-hydrogen) atoms. The van der Waals surface area contributed by atoms with Gasteiger partial charge in [-0.05, 0) is 24.6 Å². The number of sulfone groups is 1. The van der Waals surface area contributed by atoms with E-state index in [4.69, 9.17) is 5.73 Å². The van der Waals surface area contributed by atoms with Gasteiger partial charge in [0.05, 0.1) is 11.4 Å². The van der Waals surface area contributed by atoms with E-state index in [9.17, 15) is 8.42 Å². The first-order chi connectivity index (χ1) is 8.39. The largest absolute Gasteiger partial charge is 0.397 e. The summed E-state index contributed by atoms with van der Waals surface area (Å²) >= 11 is 1.68. The molecule has 1 atom stereocenters. The maximum atomic E-state index is 11.9. The van der Waals surface area contributed by atoms with Crippen molar-refractivity contribution in [1.82, 2.24) is 0 Å². The quantitative estimate of drug-likeness (QED) is 0.835. The van der Waals surface area contributed by atoms with Crippen molar-refractivity contribution in [1.29, 1.82) is 0 Å². The molecular formula is C12H18N2O2S2. The number of rotatable bonds is 2. The van der Waals surface area contributed by atoms with Crippen LogP contribution in [0.15, 0.2) is 18.2 Å². The first-order valence-corrected chi connectivity index (χ1v) is 8.90. The van der Waals surface area contributed by atoms with E-state index in [-0.39, 0.29) is 0 Å². The van der Waals surface area contributed by atoms with E-state index >= 15 is 0 Å². The number of hydrogen-bond donors (Lipinski definition) is 1. The van der Waals surface area contributed by atoms with Crippen LogP contribution in [-0.4, -0.2) is 38.1 Å². The molecule has 0 aromatic heterocycles. The lowest BCUT2D eigenvalue weighted by Gasteiger charge is -2.36. The molecule has 1 unspecified atom stereocenters. The molecule has 0 spiro atoms. The topological polar surface area (TPSA) is 63.4 Å². The predicted molar refractivity (Wildman–Crippen MR) is 78.9 cm³/mol. The van der Waals surface area contributed by atoms with E-state index in [0.717, 1.165) is 23.5 Å². The third-order valence-corrected chi connectivity index (χ3v) is 5.72. The van der Waals surface area contributed by atoms with Crippen molar-refractivity contribution in [3.8, 4) is 0 Å². The van der Waals surface area contributed by atoms with Crippen LogP contribution in [0.25, 0.3) is 0 Å². The van der Waals surface area contributed by atoms with E-state index in [1.165, 1.54) is 6.26 Å². The maximum Gasteiger partial charge on any atom is 0.169 e. The number of nitrogens with zero attached hydrogens (tertiary/aromatic N) is 1. The molecule has 0 aliphatic carbocycles. The first kappa shape index (κ1) is 13.5. The third kappa shape index (κ3) is 2.75. The summed E-state index contributed by atoms with van der Waals surface area (Å²) in [5.74, 6) is 1.53. The van der Waals surface area contributed by atoms with Gasteiger partial charge in [0.25, 0.3) is 0 Å². The van der Waals surface area contributed by atoms with Gasteiger partial charge < -0.3 is 10.6 Å². The molecule has 1 aliphatic rings. The lowest BCUT2D eigenvalue weighted by molar-refractivity contribution is 0.584. The average molecular weight is 286 g/mol. The second kappa shape index (κ2) is 5.01. The molecule has 0 bridgehead atoms. The molecule has 1 saturated heterocycles. The van der Waals surface area contributed by atoms with Gasteiger partial charge in [-0.1, -0.05) is 6.07 Å². The Morgan fingerprint density at radius 2 is 2.17 bits per heavy atom. The van der Waals surface area contributed by atoms with Crippen LogP contribution < -0.4 is 10.6 Å². The molecule has 0 radical (unpaired) electrons. The highest BCUT2D eigenvalue weighted by molar-refractivity contribution is 8.01. The van der Waals surface area contributed by atoms with Crippen LogP contribution >= 0.6 is 11.8 Å². The normalized spacial score (nSPS) is 21.0. The van der Waals surface area contributed by atoms with Crippen LogP contribution in [0, 0.1) is 6.92 Å². The summed E-state index contributed by atoms with van der Waals surface area (Å²) in [7, 11) is -3.10. The summed E-state index contributed by atoms with van der Waals surface area (Å²) in [6.45, 7) is 2.70. The molecular weight excluding hydrogens is 268 g/mol. The summed E-state index contributed by atoms with van der Waals surface area (Å²) in [4.78, 5) is 1.92. The van der Waals surface area contributed by atoms with E-state index < -0.39 is 15.2 Å². The molecule has 0 amide bonds. The number of nitrogen functional groups attached to an aromatic ring is 1. The number of benzene rings is 1. The fourth-order valence-corrected chi connectivity index (χ4v) is 4.95. The Labute approximate surface area is 112 Å². The molecule has 6 heteroatoms. The molecule has 2 N–H and O–H groups in total. The van der Waals surface area contributed by atoms with Gasteiger partial charge >= 0.3 is 0 Å². The van der Waals surface area contributed by atoms with Gasteiger partial charge in [0, 0.05) is 24.3 Å². The Bertz CT molecular complexity index is 543. The van der Waals surface area contributed by atoms with Crippen LogP contribution in [0.3, 0.4) is 0 Å². The molecule has 1 aromatic rings. The highest BCUT2D eigenvalue weighted by Crippen LogP contribution is 2.31. The lowest BCUT2D eigenvalue weighted by atomic mass is 10.1. The number of hydrogen-bond acceptors (Lipinski definition) is 5. The molecule has 1 aliphatic heterocycles. The zero-order valence-corrected chi connectivity index (χ0v) is 12.2. The fourth-order valence-electron chi connectivity index (χ4n) is 2.11. The number of aryl methyl sites for hydroxylation is 1. The Hall–Kier alpha value is -0.880. The van der Waals surface area contributed by atoms with Crippen LogP contribution in [0.5, 0.6) is 0 Å². The van der Waals surface area contributed by atoms with Crippen molar-refractivity contribution in [2.45, 2.75) is 12.3 Å². The number of anilines is 2. The second-order valence-electron chi connectivity index (χ2n) is 4.61. The lowest BCUT2D eigenvalue weighted by Crippen LogP contribution is -2.47. The highest BCUT2D eigenvalue weighted by atomic mass is 32.2. The summed E-state index contributed by atoms with van der Waals surface area (Å²) < 4.78 is 23.7. The van der Waals surface area contributed by atoms with Gasteiger partial charge in [-0.25, -0.2) is 8.42 Å². The minimum atomic E-state index is -3.10. The minimum absolute atomic E-state index is 0.472. The van der Waals surface area contributed by atoms with E-state index in [2.05, 4.69) is 0 Å². The maximum absolute atomic E-state index is 11.9. The van der Waals surface area contributed by atoms with Gasteiger partial charge in [-0.15, -0.1) is 0 Å². The van der Waals surface area contributed by atoms with Crippen LogP contribution in [0.4, 0.5) is 11.4 Å². The van der Waals surface area contributed by atoms with Crippen molar-refractivity contribution < 1.29 is 8.42 Å². The molecule has 4 nitrogen and oxygen atoms in total. The van der Waals surface area contributed by atoms with Gasteiger partial charge in [0.1, 0.15) is 5.37 Å². The van der Waals surface area contributed by atoms with Crippen molar-refractivity contribution in [3.63, 3.8) is 0 Å². The Morgan fingerprint density at radius 1 is 1.44 bits per heavy atom. The van der Waals surface area contributed by atoms with Crippen LogP contribution in [-0.2, 0) is 9.84 Å². The standard InChI is InChI=1S/C12H18N2O2S2/c1-9-3-4-10(13)11(7-9)14-5-6-17-8-12(14)18(2,15)16/h3-4,7,12H,5-6,8,13H2,1-2H3. The smallest absolute Gasteiger partial charge is 0.169 e. The van der Waals surface area contributed by atoms with Crippen molar-refractivity contribution >= 4 is 33.0 Å². The molecule has 1 aromatic carbocycles. The van der Waals surface area contributed by atoms with Crippen LogP contribution in [0.2, 0.25) is 0 Å². The van der Waals surface area contributed by atoms with E-state index in [1.807, 2.05) is 30.0 Å². The summed E-state index contributed by atoms with van der Waals surface area (Å²) in [6.07, 6.45) is 1.29. The van der Waals surface area contributed by atoms with Gasteiger partial charge in [0.15, 0.2) is 9.84 Å². The van der Waals surface area contributed by atoms with Gasteiger partial charge in [0.2, 0.25) is 0 Å². The highest BCUT2D eigenvalue weighted by Gasteiger charge is 2.31. The van der Waals surface area contributed by atoms with Crippen molar-refractivity contribution in [2.24, 2.45) is 0 Å². The molecule has 2 rings (SSSR count). The SMILES string of the molecule is Cc1ccc(N)c(N2CCSCC2S(C)(=O)=O)c1. The first-order valence-electron chi connectivity index (χ1n) is 5.79. The summed E-state index contributed by atoms with van der Waals surface area (Å²) in [5, 5.41) is -0.472. The van der Waals surface area contributed by atoms with Crippen molar-refractivity contribution in [2.75, 3.05) is 34.9 Å². The van der Waals surface area contributed by atoms with E-state index in [1.54, 1.807) is 11.8 Å². The third-order valence-electron chi connectivity index (χ3n) is 3.07. The van der Waals surface area contributed by atoms with Gasteiger partial charge in [-0.3, -0.25) is 0 Å². The predicted octanol–water partition coefficient (Wildman–Crippen LogP) is 1.50. The molecule has 100 valence electrons. The van der Waals surface area contributed by atoms with Crippen molar-refractivity contribution in [3.05, 3.63) is 23.8 Å². The molecule has 1 heterocycles. The Balaban J connectivity index is 2.43. The number of thioether (sulfide) groups is 1. The average Bonchev–Trinajstić information content (AvgIpc) is 2.31. The Morgan fingerprint density at radius 3 is 2.83 bits per heavy atom. The molecule has 1 fully saturated rings. The number of nitrogens with two attached hydrogens (primary N) is 1. The van der Waals surface area contributed by atoms with Gasteiger partial charge in [-0.2, -0.15) is 11.8 Å². The fraction of sp³-hybridized carbons (Fsp3) is 0.500. The summed E-state index contributed by atoms with van der Waals surface area (Å²) in [5.41, 5.74) is 8.55. The Kier molecular flexibility index (Phi) is 3.77. The van der Waals surface area contributed by atoms with Crippen LogP contribution in [0.1, 0.15) is 5.56 Å². The monoisotopic (exact) mass is 286 g/mol. The molecule has 0 saturated carbocycles.